The molecule has 0 aliphatic heterocycles. The Morgan fingerprint density at radius 1 is 1.45 bits per heavy atom. The fourth-order valence-corrected chi connectivity index (χ4v) is 3.11. The molecule has 0 amide bonds. The highest BCUT2D eigenvalue weighted by atomic mass is 32.2. The molecule has 108 valence electrons. The van der Waals surface area contributed by atoms with Crippen molar-refractivity contribution in [2.75, 3.05) is 0 Å². The SMILES string of the molecule is CC(C)(CCC(=O)O)NS(=O)(=O)c1cccc(C#N)c1. The molecule has 0 aromatic heterocycles. The first-order chi connectivity index (χ1) is 9.16. The van der Waals surface area contributed by atoms with E-state index in [1.165, 1.54) is 24.3 Å². The number of benzene rings is 1. The van der Waals surface area contributed by atoms with Crippen LogP contribution in [0.1, 0.15) is 32.3 Å². The summed E-state index contributed by atoms with van der Waals surface area (Å²) < 4.78 is 26.8. The third-order valence-corrected chi connectivity index (χ3v) is 4.34. The summed E-state index contributed by atoms with van der Waals surface area (Å²) in [5.74, 6) is -0.983. The lowest BCUT2D eigenvalue weighted by Crippen LogP contribution is -2.43. The minimum absolute atomic E-state index is 0.0139. The van der Waals surface area contributed by atoms with E-state index in [2.05, 4.69) is 4.72 Å². The normalized spacial score (nSPS) is 11.8. The maximum atomic E-state index is 12.2. The molecule has 6 nitrogen and oxygen atoms in total. The van der Waals surface area contributed by atoms with Gasteiger partial charge in [0.25, 0.3) is 0 Å². The van der Waals surface area contributed by atoms with Gasteiger partial charge in [0.05, 0.1) is 16.5 Å². The van der Waals surface area contributed by atoms with Crippen LogP contribution in [0.25, 0.3) is 0 Å². The monoisotopic (exact) mass is 296 g/mol. The van der Waals surface area contributed by atoms with Gasteiger partial charge in [-0.3, -0.25) is 4.79 Å². The lowest BCUT2D eigenvalue weighted by molar-refractivity contribution is -0.137. The summed E-state index contributed by atoms with van der Waals surface area (Å²) in [6.45, 7) is 3.23. The van der Waals surface area contributed by atoms with Crippen molar-refractivity contribution in [3.63, 3.8) is 0 Å². The van der Waals surface area contributed by atoms with Gasteiger partial charge in [0.2, 0.25) is 10.0 Å². The summed E-state index contributed by atoms with van der Waals surface area (Å²) in [5, 5.41) is 17.4. The van der Waals surface area contributed by atoms with Gasteiger partial charge in [-0.05, 0) is 38.5 Å². The second-order valence-corrected chi connectivity index (χ2v) is 6.71. The molecule has 20 heavy (non-hydrogen) atoms. The molecule has 0 bridgehead atoms. The summed E-state index contributed by atoms with van der Waals surface area (Å²) in [4.78, 5) is 10.5. The molecule has 0 unspecified atom stereocenters. The van der Waals surface area contributed by atoms with Crippen LogP contribution in [0.4, 0.5) is 0 Å². The maximum absolute atomic E-state index is 12.2. The van der Waals surface area contributed by atoms with Gasteiger partial charge < -0.3 is 5.11 Å². The summed E-state index contributed by atoms with van der Waals surface area (Å²) in [5.41, 5.74) is -0.643. The van der Waals surface area contributed by atoms with E-state index >= 15 is 0 Å². The van der Waals surface area contributed by atoms with Gasteiger partial charge in [0.1, 0.15) is 0 Å². The molecule has 0 heterocycles. The van der Waals surface area contributed by atoms with Gasteiger partial charge in [0.15, 0.2) is 0 Å². The molecule has 0 spiro atoms. The third-order valence-electron chi connectivity index (χ3n) is 2.65. The molecular formula is C13H16N2O4S. The van der Waals surface area contributed by atoms with Crippen LogP contribution in [0.5, 0.6) is 0 Å². The number of hydrogen-bond acceptors (Lipinski definition) is 4. The van der Waals surface area contributed by atoms with E-state index in [0.717, 1.165) is 0 Å². The zero-order chi connectivity index (χ0) is 15.4. The van der Waals surface area contributed by atoms with Gasteiger partial charge in [-0.1, -0.05) is 6.07 Å². The molecule has 0 fully saturated rings. The Morgan fingerprint density at radius 3 is 2.65 bits per heavy atom. The Bertz CT molecular complexity index is 645. The first kappa shape index (κ1) is 16.1. The molecule has 0 saturated heterocycles. The third kappa shape index (κ3) is 4.64. The predicted octanol–water partition coefficient (Wildman–Crippen LogP) is 1.48. The Morgan fingerprint density at radius 2 is 2.10 bits per heavy atom. The van der Waals surface area contributed by atoms with E-state index in [1.807, 2.05) is 6.07 Å². The van der Waals surface area contributed by atoms with Crippen LogP contribution in [0, 0.1) is 11.3 Å². The molecule has 1 aromatic rings. The van der Waals surface area contributed by atoms with Crippen molar-refractivity contribution in [2.24, 2.45) is 0 Å². The smallest absolute Gasteiger partial charge is 0.303 e. The van der Waals surface area contributed by atoms with E-state index in [9.17, 15) is 13.2 Å². The van der Waals surface area contributed by atoms with Crippen molar-refractivity contribution in [2.45, 2.75) is 37.1 Å². The summed E-state index contributed by atoms with van der Waals surface area (Å²) >= 11 is 0. The zero-order valence-corrected chi connectivity index (χ0v) is 12.1. The highest BCUT2D eigenvalue weighted by molar-refractivity contribution is 7.89. The van der Waals surface area contributed by atoms with Crippen molar-refractivity contribution in [3.05, 3.63) is 29.8 Å². The Balaban J connectivity index is 2.94. The molecule has 0 aliphatic carbocycles. The summed E-state index contributed by atoms with van der Waals surface area (Å²) in [7, 11) is -3.79. The average molecular weight is 296 g/mol. The minimum atomic E-state index is -3.79. The Hall–Kier alpha value is -1.91. The molecular weight excluding hydrogens is 280 g/mol. The number of carboxylic acid groups (broad SMARTS) is 1. The molecule has 2 N–H and O–H groups in total. The fourth-order valence-electron chi connectivity index (χ4n) is 1.63. The number of carboxylic acids is 1. The average Bonchev–Trinajstić information content (AvgIpc) is 2.35. The van der Waals surface area contributed by atoms with Gasteiger partial charge in [-0.15, -0.1) is 0 Å². The van der Waals surface area contributed by atoms with E-state index < -0.39 is 21.5 Å². The highest BCUT2D eigenvalue weighted by Gasteiger charge is 2.26. The van der Waals surface area contributed by atoms with Gasteiger partial charge in [-0.2, -0.15) is 5.26 Å². The quantitative estimate of drug-likeness (QED) is 0.826. The standard InChI is InChI=1S/C13H16N2O4S/c1-13(2,7-6-12(16)17)15-20(18,19)11-5-3-4-10(8-11)9-14/h3-5,8,15H,6-7H2,1-2H3,(H,16,17). The minimum Gasteiger partial charge on any atom is -0.481 e. The molecule has 1 aromatic carbocycles. The first-order valence-electron chi connectivity index (χ1n) is 5.92. The van der Waals surface area contributed by atoms with E-state index in [0.29, 0.717) is 0 Å². The molecule has 0 atom stereocenters. The number of hydrogen-bond donors (Lipinski definition) is 2. The fraction of sp³-hybridized carbons (Fsp3) is 0.385. The van der Waals surface area contributed by atoms with E-state index in [1.54, 1.807) is 13.8 Å². The first-order valence-corrected chi connectivity index (χ1v) is 7.40. The van der Waals surface area contributed by atoms with E-state index in [4.69, 9.17) is 10.4 Å². The molecule has 1 rings (SSSR count). The Kier molecular flexibility index (Phi) is 4.87. The zero-order valence-electron chi connectivity index (χ0n) is 11.3. The summed E-state index contributed by atoms with van der Waals surface area (Å²) in [6.07, 6.45) is 0.0350. The maximum Gasteiger partial charge on any atom is 0.303 e. The highest BCUT2D eigenvalue weighted by Crippen LogP contribution is 2.18. The van der Waals surface area contributed by atoms with Crippen molar-refractivity contribution in [1.82, 2.24) is 4.72 Å². The van der Waals surface area contributed by atoms with Crippen LogP contribution in [-0.4, -0.2) is 25.0 Å². The van der Waals surface area contributed by atoms with Crippen LogP contribution >= 0.6 is 0 Å². The number of carbonyl (C=O) groups is 1. The van der Waals surface area contributed by atoms with Crippen LogP contribution in [0.2, 0.25) is 0 Å². The molecule has 0 saturated carbocycles. The topological polar surface area (TPSA) is 107 Å². The van der Waals surface area contributed by atoms with Gasteiger partial charge in [-0.25, -0.2) is 13.1 Å². The van der Waals surface area contributed by atoms with Crippen molar-refractivity contribution < 1.29 is 18.3 Å². The Labute approximate surface area is 118 Å². The molecule has 0 aliphatic rings. The molecule has 0 radical (unpaired) electrons. The summed E-state index contributed by atoms with van der Waals surface area (Å²) in [6, 6.07) is 7.52. The van der Waals surface area contributed by atoms with Crippen LogP contribution in [0.15, 0.2) is 29.2 Å². The second-order valence-electron chi connectivity index (χ2n) is 5.02. The van der Waals surface area contributed by atoms with Crippen molar-refractivity contribution in [1.29, 1.82) is 5.26 Å². The van der Waals surface area contributed by atoms with E-state index in [-0.39, 0.29) is 23.3 Å². The van der Waals surface area contributed by atoms with Crippen molar-refractivity contribution in [3.8, 4) is 6.07 Å². The number of aliphatic carboxylic acids is 1. The lowest BCUT2D eigenvalue weighted by Gasteiger charge is -2.25. The number of nitrogens with one attached hydrogen (secondary N) is 1. The predicted molar refractivity (Wildman–Crippen MR) is 72.4 cm³/mol. The van der Waals surface area contributed by atoms with Crippen LogP contribution in [-0.2, 0) is 14.8 Å². The number of nitriles is 1. The lowest BCUT2D eigenvalue weighted by atomic mass is 10.0. The largest absolute Gasteiger partial charge is 0.481 e. The van der Waals surface area contributed by atoms with Gasteiger partial charge in [0, 0.05) is 12.0 Å². The number of rotatable bonds is 6. The number of sulfonamides is 1. The second kappa shape index (κ2) is 6.03. The number of nitrogens with zero attached hydrogens (tertiary/aromatic N) is 1. The molecule has 7 heteroatoms. The van der Waals surface area contributed by atoms with Gasteiger partial charge >= 0.3 is 5.97 Å². The van der Waals surface area contributed by atoms with Crippen LogP contribution in [0.3, 0.4) is 0 Å². The van der Waals surface area contributed by atoms with Crippen molar-refractivity contribution >= 4 is 16.0 Å². The van der Waals surface area contributed by atoms with Crippen LogP contribution < -0.4 is 4.72 Å².